The van der Waals surface area contributed by atoms with Crippen molar-refractivity contribution in [2.45, 2.75) is 26.7 Å². The molecule has 0 amide bonds. The Bertz CT molecular complexity index is 540. The molecule has 96 valence electrons. The molecule has 7 heteroatoms. The van der Waals surface area contributed by atoms with Crippen molar-refractivity contribution >= 4 is 11.6 Å². The summed E-state index contributed by atoms with van der Waals surface area (Å²) in [5.41, 5.74) is 0.962. The molecule has 0 radical (unpaired) electrons. The third-order valence-corrected chi connectivity index (χ3v) is 2.42. The van der Waals surface area contributed by atoms with E-state index in [1.165, 1.54) is 0 Å². The van der Waals surface area contributed by atoms with Crippen molar-refractivity contribution in [3.8, 4) is 12.0 Å². The third kappa shape index (κ3) is 2.76. The highest BCUT2D eigenvalue weighted by Crippen LogP contribution is 2.14. The van der Waals surface area contributed by atoms with E-state index in [0.717, 1.165) is 5.69 Å². The monoisotopic (exact) mass is 267 g/mol. The minimum Gasteiger partial charge on any atom is -0.464 e. The molecular weight excluding hydrogens is 254 g/mol. The lowest BCUT2D eigenvalue weighted by molar-refractivity contribution is 0.310. The van der Waals surface area contributed by atoms with Crippen molar-refractivity contribution in [2.75, 3.05) is 6.61 Å². The van der Waals surface area contributed by atoms with Crippen LogP contribution in [0.4, 0.5) is 0 Å². The van der Waals surface area contributed by atoms with Gasteiger partial charge in [0.25, 0.3) is 5.95 Å². The van der Waals surface area contributed by atoms with Gasteiger partial charge in [0.2, 0.25) is 5.28 Å². The van der Waals surface area contributed by atoms with Gasteiger partial charge in [-0.3, -0.25) is 0 Å². The molecule has 0 aliphatic rings. The normalized spacial score (nSPS) is 10.9. The van der Waals surface area contributed by atoms with Crippen LogP contribution in [0.5, 0.6) is 6.01 Å². The maximum Gasteiger partial charge on any atom is 0.322 e. The highest BCUT2D eigenvalue weighted by atomic mass is 35.5. The lowest BCUT2D eigenvalue weighted by Crippen LogP contribution is -2.07. The predicted molar refractivity (Wildman–Crippen MR) is 67.2 cm³/mol. The van der Waals surface area contributed by atoms with Crippen LogP contribution in [0.15, 0.2) is 12.3 Å². The number of hydrogen-bond donors (Lipinski definition) is 0. The molecule has 0 saturated carbocycles. The van der Waals surface area contributed by atoms with E-state index in [9.17, 15) is 0 Å². The first-order valence-electron chi connectivity index (χ1n) is 5.70. The summed E-state index contributed by atoms with van der Waals surface area (Å²) in [6.07, 6.45) is 1.79. The molecule has 0 unspecified atom stereocenters. The summed E-state index contributed by atoms with van der Waals surface area (Å²) in [5, 5.41) is 4.46. The molecule has 2 aromatic heterocycles. The van der Waals surface area contributed by atoms with Gasteiger partial charge in [0.15, 0.2) is 0 Å². The van der Waals surface area contributed by atoms with Crippen LogP contribution in [0.3, 0.4) is 0 Å². The van der Waals surface area contributed by atoms with Crippen molar-refractivity contribution < 1.29 is 4.74 Å². The Balaban J connectivity index is 2.36. The molecule has 0 spiro atoms. The first kappa shape index (κ1) is 12.8. The first-order chi connectivity index (χ1) is 8.60. The summed E-state index contributed by atoms with van der Waals surface area (Å²) in [6.45, 7) is 6.45. The highest BCUT2D eigenvalue weighted by molar-refractivity contribution is 6.28. The number of aromatic nitrogens is 5. The summed E-state index contributed by atoms with van der Waals surface area (Å²) in [4.78, 5) is 12.0. The predicted octanol–water partition coefficient (Wildman–Crippen LogP) is 2.23. The van der Waals surface area contributed by atoms with Gasteiger partial charge in [-0.25, -0.2) is 4.68 Å². The van der Waals surface area contributed by atoms with Gasteiger partial charge in [-0.2, -0.15) is 20.1 Å². The maximum atomic E-state index is 5.82. The largest absolute Gasteiger partial charge is 0.464 e. The Kier molecular flexibility index (Phi) is 3.76. The number of hydrogen-bond acceptors (Lipinski definition) is 5. The second-order valence-electron chi connectivity index (χ2n) is 3.96. The Morgan fingerprint density at radius 1 is 1.33 bits per heavy atom. The van der Waals surface area contributed by atoms with Gasteiger partial charge in [0.1, 0.15) is 0 Å². The zero-order chi connectivity index (χ0) is 13.1. The van der Waals surface area contributed by atoms with Gasteiger partial charge >= 0.3 is 6.01 Å². The molecule has 0 saturated heterocycles. The van der Waals surface area contributed by atoms with E-state index in [4.69, 9.17) is 16.3 Å². The van der Waals surface area contributed by atoms with Crippen molar-refractivity contribution in [3.63, 3.8) is 0 Å². The van der Waals surface area contributed by atoms with Gasteiger partial charge in [0, 0.05) is 6.20 Å². The minimum absolute atomic E-state index is 0.0880. The molecule has 2 heterocycles. The number of ether oxygens (including phenoxy) is 1. The Morgan fingerprint density at radius 3 is 2.72 bits per heavy atom. The zero-order valence-corrected chi connectivity index (χ0v) is 11.2. The van der Waals surface area contributed by atoms with E-state index in [2.05, 4.69) is 33.9 Å². The fraction of sp³-hybridized carbons (Fsp3) is 0.455. The average molecular weight is 268 g/mol. The first-order valence-corrected chi connectivity index (χ1v) is 6.08. The Morgan fingerprint density at radius 2 is 2.11 bits per heavy atom. The minimum atomic E-state index is 0.0880. The van der Waals surface area contributed by atoms with Gasteiger partial charge in [-0.15, -0.1) is 0 Å². The smallest absolute Gasteiger partial charge is 0.322 e. The number of rotatable bonds is 4. The average Bonchev–Trinajstić information content (AvgIpc) is 2.78. The molecule has 0 bridgehead atoms. The van der Waals surface area contributed by atoms with E-state index in [-0.39, 0.29) is 11.3 Å². The van der Waals surface area contributed by atoms with Crippen LogP contribution in [-0.2, 0) is 0 Å². The van der Waals surface area contributed by atoms with Gasteiger partial charge < -0.3 is 4.74 Å². The van der Waals surface area contributed by atoms with Crippen molar-refractivity contribution in [2.24, 2.45) is 0 Å². The van der Waals surface area contributed by atoms with Crippen LogP contribution in [0.25, 0.3) is 5.95 Å². The topological polar surface area (TPSA) is 65.7 Å². The van der Waals surface area contributed by atoms with Gasteiger partial charge in [-0.05, 0) is 30.5 Å². The van der Waals surface area contributed by atoms with Gasteiger partial charge in [0.05, 0.1) is 12.3 Å². The fourth-order valence-electron chi connectivity index (χ4n) is 1.38. The summed E-state index contributed by atoms with van der Waals surface area (Å²) < 4.78 is 6.78. The Hall–Kier alpha value is -1.69. The van der Waals surface area contributed by atoms with Gasteiger partial charge in [-0.1, -0.05) is 13.8 Å². The molecule has 0 aliphatic carbocycles. The number of nitrogens with zero attached hydrogens (tertiary/aromatic N) is 5. The fourth-order valence-corrected chi connectivity index (χ4v) is 1.52. The summed E-state index contributed by atoms with van der Waals surface area (Å²) in [6, 6.07) is 2.12. The summed E-state index contributed by atoms with van der Waals surface area (Å²) in [5.74, 6) is 0.695. The molecule has 6 nitrogen and oxygen atoms in total. The van der Waals surface area contributed by atoms with Crippen molar-refractivity contribution in [1.82, 2.24) is 24.7 Å². The third-order valence-electron chi connectivity index (χ3n) is 2.26. The zero-order valence-electron chi connectivity index (χ0n) is 10.5. The van der Waals surface area contributed by atoms with E-state index in [1.54, 1.807) is 10.9 Å². The van der Waals surface area contributed by atoms with E-state index >= 15 is 0 Å². The molecular formula is C11H14ClN5O. The van der Waals surface area contributed by atoms with Crippen LogP contribution in [-0.4, -0.2) is 31.3 Å². The van der Waals surface area contributed by atoms with E-state index in [1.807, 2.05) is 13.0 Å². The molecule has 18 heavy (non-hydrogen) atoms. The molecule has 2 rings (SSSR count). The van der Waals surface area contributed by atoms with E-state index in [0.29, 0.717) is 18.5 Å². The summed E-state index contributed by atoms with van der Waals surface area (Å²) >= 11 is 5.82. The number of halogens is 1. The summed E-state index contributed by atoms with van der Waals surface area (Å²) in [7, 11) is 0. The lowest BCUT2D eigenvalue weighted by atomic mass is 10.1. The molecule has 0 aromatic carbocycles. The highest BCUT2D eigenvalue weighted by Gasteiger charge is 2.10. The molecule has 2 aromatic rings. The maximum absolute atomic E-state index is 5.82. The molecule has 0 fully saturated rings. The standard InChI is InChI=1S/C11H14ClN5O/c1-4-18-11-14-9(12)13-10(15-11)17-6-5-8(16-17)7(2)3/h5-7H,4H2,1-3H3. The molecule has 0 aliphatic heterocycles. The molecule has 0 atom stereocenters. The van der Waals surface area contributed by atoms with Crippen LogP contribution in [0.1, 0.15) is 32.4 Å². The second kappa shape index (κ2) is 5.30. The van der Waals surface area contributed by atoms with Crippen LogP contribution in [0.2, 0.25) is 5.28 Å². The Labute approximate surface area is 110 Å². The lowest BCUT2D eigenvalue weighted by Gasteiger charge is -2.04. The van der Waals surface area contributed by atoms with E-state index < -0.39 is 0 Å². The van der Waals surface area contributed by atoms with Crippen molar-refractivity contribution in [3.05, 3.63) is 23.2 Å². The van der Waals surface area contributed by atoms with Crippen LogP contribution >= 0.6 is 11.6 Å². The van der Waals surface area contributed by atoms with Crippen LogP contribution in [0, 0.1) is 0 Å². The molecule has 0 N–H and O–H groups in total. The second-order valence-corrected chi connectivity index (χ2v) is 4.30. The van der Waals surface area contributed by atoms with Crippen LogP contribution < -0.4 is 4.74 Å². The SMILES string of the molecule is CCOc1nc(Cl)nc(-n2ccc(C(C)C)n2)n1. The quantitative estimate of drug-likeness (QED) is 0.850. The van der Waals surface area contributed by atoms with Crippen molar-refractivity contribution in [1.29, 1.82) is 0 Å².